The summed E-state index contributed by atoms with van der Waals surface area (Å²) in [5.41, 5.74) is 5.39. The molecule has 2 N–H and O–H groups in total. The SMILES string of the molecule is CNc1ccncc1.O=Cc1ccc(CCNC(=O)[C@H]2CCCc3ccccc32)cc1. The Labute approximate surface area is 183 Å². The molecule has 0 saturated carbocycles. The van der Waals surface area contributed by atoms with Crippen LogP contribution < -0.4 is 10.6 Å². The van der Waals surface area contributed by atoms with Gasteiger partial charge in [0.25, 0.3) is 0 Å². The Hall–Kier alpha value is -3.47. The predicted molar refractivity (Wildman–Crippen MR) is 124 cm³/mol. The minimum Gasteiger partial charge on any atom is -0.388 e. The molecule has 0 bridgehead atoms. The number of amides is 1. The van der Waals surface area contributed by atoms with Gasteiger partial charge in [0.2, 0.25) is 5.91 Å². The highest BCUT2D eigenvalue weighted by Gasteiger charge is 2.25. The molecule has 3 aromatic rings. The van der Waals surface area contributed by atoms with Gasteiger partial charge >= 0.3 is 0 Å². The molecule has 0 radical (unpaired) electrons. The number of aldehydes is 1. The van der Waals surface area contributed by atoms with Gasteiger partial charge < -0.3 is 10.6 Å². The smallest absolute Gasteiger partial charge is 0.227 e. The number of aromatic nitrogens is 1. The minimum absolute atomic E-state index is 0.0163. The zero-order valence-corrected chi connectivity index (χ0v) is 17.9. The fraction of sp³-hybridized carbons (Fsp3) is 0.269. The molecule has 0 spiro atoms. The lowest BCUT2D eigenvalue weighted by atomic mass is 9.82. The average molecular weight is 416 g/mol. The van der Waals surface area contributed by atoms with Crippen LogP contribution >= 0.6 is 0 Å². The molecule has 1 atom stereocenters. The lowest BCUT2D eigenvalue weighted by molar-refractivity contribution is -0.122. The number of benzene rings is 2. The maximum absolute atomic E-state index is 12.5. The molecular formula is C26H29N3O2. The number of anilines is 1. The molecule has 0 fully saturated rings. The first-order valence-corrected chi connectivity index (χ1v) is 10.7. The van der Waals surface area contributed by atoms with E-state index in [4.69, 9.17) is 0 Å². The van der Waals surface area contributed by atoms with Crippen LogP contribution in [-0.4, -0.2) is 30.8 Å². The van der Waals surface area contributed by atoms with Crippen LogP contribution in [-0.2, 0) is 17.6 Å². The molecule has 0 saturated heterocycles. The van der Waals surface area contributed by atoms with Crippen LogP contribution in [0.15, 0.2) is 73.1 Å². The Balaban J connectivity index is 0.000000287. The summed E-state index contributed by atoms with van der Waals surface area (Å²) in [5, 5.41) is 6.05. The Morgan fingerprint density at radius 2 is 1.81 bits per heavy atom. The van der Waals surface area contributed by atoms with E-state index in [0.29, 0.717) is 12.1 Å². The molecule has 160 valence electrons. The van der Waals surface area contributed by atoms with Crippen LogP contribution in [0.1, 0.15) is 45.8 Å². The Morgan fingerprint density at radius 3 is 2.48 bits per heavy atom. The first-order valence-electron chi connectivity index (χ1n) is 10.7. The third-order valence-corrected chi connectivity index (χ3v) is 5.48. The summed E-state index contributed by atoms with van der Waals surface area (Å²) >= 11 is 0. The number of hydrogen-bond acceptors (Lipinski definition) is 4. The summed E-state index contributed by atoms with van der Waals surface area (Å²) in [6.45, 7) is 0.623. The Bertz CT molecular complexity index is 971. The number of pyridine rings is 1. The number of hydrogen-bond donors (Lipinski definition) is 2. The summed E-state index contributed by atoms with van der Waals surface area (Å²) < 4.78 is 0. The van der Waals surface area contributed by atoms with Crippen molar-refractivity contribution in [2.24, 2.45) is 0 Å². The molecule has 4 rings (SSSR count). The first kappa shape index (κ1) is 22.2. The number of carbonyl (C=O) groups excluding carboxylic acids is 2. The normalized spacial score (nSPS) is 14.4. The Kier molecular flexibility index (Phi) is 8.35. The van der Waals surface area contributed by atoms with Crippen molar-refractivity contribution in [3.05, 3.63) is 95.3 Å². The lowest BCUT2D eigenvalue weighted by Crippen LogP contribution is -2.32. The van der Waals surface area contributed by atoms with Crippen molar-refractivity contribution in [1.29, 1.82) is 0 Å². The minimum atomic E-state index is -0.0163. The van der Waals surface area contributed by atoms with E-state index in [0.717, 1.165) is 43.2 Å². The summed E-state index contributed by atoms with van der Waals surface area (Å²) in [7, 11) is 1.88. The standard InChI is InChI=1S/C20H21NO2.C6H8N2/c22-14-16-10-8-15(9-11-16)12-13-21-20(23)19-7-3-5-17-4-1-2-6-18(17)19;1-7-6-2-4-8-5-3-6/h1-2,4,6,8-11,14,19H,3,5,7,12-13H2,(H,21,23);2-5H,1H3,(H,7,8)/t19-;/m0./s1. The quantitative estimate of drug-likeness (QED) is 0.586. The van der Waals surface area contributed by atoms with Gasteiger partial charge in [0.1, 0.15) is 6.29 Å². The van der Waals surface area contributed by atoms with E-state index in [1.165, 1.54) is 11.1 Å². The second-order valence-electron chi connectivity index (χ2n) is 7.53. The highest BCUT2D eigenvalue weighted by atomic mass is 16.1. The van der Waals surface area contributed by atoms with E-state index in [1.807, 2.05) is 55.6 Å². The van der Waals surface area contributed by atoms with Crippen molar-refractivity contribution in [3.63, 3.8) is 0 Å². The van der Waals surface area contributed by atoms with Crippen molar-refractivity contribution < 1.29 is 9.59 Å². The maximum atomic E-state index is 12.5. The van der Waals surface area contributed by atoms with E-state index < -0.39 is 0 Å². The number of aryl methyl sites for hydroxylation is 1. The molecule has 1 amide bonds. The molecule has 5 heteroatoms. The third kappa shape index (κ3) is 6.51. The second kappa shape index (κ2) is 11.6. The molecule has 2 aromatic carbocycles. The van der Waals surface area contributed by atoms with Crippen LogP contribution in [0.5, 0.6) is 0 Å². The van der Waals surface area contributed by atoms with Gasteiger partial charge in [-0.3, -0.25) is 14.6 Å². The van der Waals surface area contributed by atoms with Crippen molar-refractivity contribution in [3.8, 4) is 0 Å². The molecular weight excluding hydrogens is 386 g/mol. The van der Waals surface area contributed by atoms with Crippen LogP contribution in [0.2, 0.25) is 0 Å². The van der Waals surface area contributed by atoms with Gasteiger partial charge in [0.05, 0.1) is 5.92 Å². The molecule has 0 aliphatic heterocycles. The molecule has 0 unspecified atom stereocenters. The van der Waals surface area contributed by atoms with Gasteiger partial charge in [-0.15, -0.1) is 0 Å². The zero-order chi connectivity index (χ0) is 21.9. The zero-order valence-electron chi connectivity index (χ0n) is 17.9. The second-order valence-corrected chi connectivity index (χ2v) is 7.53. The molecule has 1 aliphatic carbocycles. The van der Waals surface area contributed by atoms with Crippen molar-refractivity contribution >= 4 is 17.9 Å². The van der Waals surface area contributed by atoms with Crippen molar-refractivity contribution in [2.45, 2.75) is 31.6 Å². The highest BCUT2D eigenvalue weighted by molar-refractivity contribution is 5.84. The first-order chi connectivity index (χ1) is 15.2. The number of rotatable bonds is 6. The van der Waals surface area contributed by atoms with Gasteiger partial charge in [-0.05, 0) is 54.5 Å². The molecule has 1 aromatic heterocycles. The van der Waals surface area contributed by atoms with E-state index in [2.05, 4.69) is 27.8 Å². The van der Waals surface area contributed by atoms with E-state index in [-0.39, 0.29) is 11.8 Å². The summed E-state index contributed by atoms with van der Waals surface area (Å²) in [6.07, 6.45) is 8.20. The van der Waals surface area contributed by atoms with Crippen LogP contribution in [0.4, 0.5) is 5.69 Å². The highest BCUT2D eigenvalue weighted by Crippen LogP contribution is 2.31. The third-order valence-electron chi connectivity index (χ3n) is 5.48. The van der Waals surface area contributed by atoms with E-state index in [1.54, 1.807) is 12.4 Å². The van der Waals surface area contributed by atoms with Gasteiger partial charge in [-0.25, -0.2) is 0 Å². The number of fused-ring (bicyclic) bond motifs is 1. The van der Waals surface area contributed by atoms with Crippen LogP contribution in [0.25, 0.3) is 0 Å². The molecule has 31 heavy (non-hydrogen) atoms. The van der Waals surface area contributed by atoms with E-state index in [9.17, 15) is 9.59 Å². The molecule has 1 heterocycles. The van der Waals surface area contributed by atoms with Crippen LogP contribution in [0.3, 0.4) is 0 Å². The Morgan fingerprint density at radius 1 is 1.06 bits per heavy atom. The van der Waals surface area contributed by atoms with Gasteiger partial charge in [-0.2, -0.15) is 0 Å². The lowest BCUT2D eigenvalue weighted by Gasteiger charge is -2.24. The van der Waals surface area contributed by atoms with Gasteiger partial charge in [0.15, 0.2) is 0 Å². The number of nitrogens with zero attached hydrogens (tertiary/aromatic N) is 1. The summed E-state index contributed by atoms with van der Waals surface area (Å²) in [4.78, 5) is 27.0. The number of carbonyl (C=O) groups is 2. The number of nitrogens with one attached hydrogen (secondary N) is 2. The monoisotopic (exact) mass is 415 g/mol. The van der Waals surface area contributed by atoms with Gasteiger partial charge in [0, 0.05) is 37.2 Å². The van der Waals surface area contributed by atoms with E-state index >= 15 is 0 Å². The fourth-order valence-electron chi connectivity index (χ4n) is 3.76. The van der Waals surface area contributed by atoms with Gasteiger partial charge in [-0.1, -0.05) is 48.5 Å². The topological polar surface area (TPSA) is 71.1 Å². The van der Waals surface area contributed by atoms with Crippen molar-refractivity contribution in [1.82, 2.24) is 10.3 Å². The maximum Gasteiger partial charge on any atom is 0.227 e. The summed E-state index contributed by atoms with van der Waals surface area (Å²) in [6, 6.07) is 19.6. The molecule has 5 nitrogen and oxygen atoms in total. The average Bonchev–Trinajstić information content (AvgIpc) is 2.85. The predicted octanol–water partition coefficient (Wildman–Crippen LogP) is 4.40. The summed E-state index contributed by atoms with van der Waals surface area (Å²) in [5.74, 6) is 0.110. The van der Waals surface area contributed by atoms with Crippen LogP contribution in [0, 0.1) is 0 Å². The van der Waals surface area contributed by atoms with Crippen molar-refractivity contribution in [2.75, 3.05) is 18.9 Å². The largest absolute Gasteiger partial charge is 0.388 e. The molecule has 1 aliphatic rings. The fourth-order valence-corrected chi connectivity index (χ4v) is 3.76.